The van der Waals surface area contributed by atoms with Gasteiger partial charge in [0.25, 0.3) is 0 Å². The number of fused-ring (bicyclic) bond motifs is 1. The molecule has 4 rings (SSSR count). The molecule has 0 saturated carbocycles. The summed E-state index contributed by atoms with van der Waals surface area (Å²) in [5.41, 5.74) is 3.52. The van der Waals surface area contributed by atoms with Crippen molar-refractivity contribution < 1.29 is 9.53 Å². The molecular formula is C20H18N4O2. The third kappa shape index (κ3) is 3.21. The maximum Gasteiger partial charge on any atom is 0.326 e. The summed E-state index contributed by atoms with van der Waals surface area (Å²) in [6.07, 6.45) is 1.61. The van der Waals surface area contributed by atoms with Crippen LogP contribution in [0.2, 0.25) is 0 Å². The Labute approximate surface area is 150 Å². The standard InChI is InChI=1S/C20H18N4O2/c1-15-11-16-7-5-6-10-19(16)23(15)13-20(25)26-14-17-12-21-24(22-17)18-8-3-2-4-9-18/h2-12H,13-14H2,1H3. The maximum absolute atomic E-state index is 12.3. The first-order valence-corrected chi connectivity index (χ1v) is 8.38. The highest BCUT2D eigenvalue weighted by Crippen LogP contribution is 2.19. The summed E-state index contributed by atoms with van der Waals surface area (Å²) in [6.45, 7) is 2.26. The Morgan fingerprint density at radius 3 is 2.69 bits per heavy atom. The van der Waals surface area contributed by atoms with E-state index in [-0.39, 0.29) is 19.1 Å². The van der Waals surface area contributed by atoms with Crippen LogP contribution in [0.3, 0.4) is 0 Å². The van der Waals surface area contributed by atoms with E-state index in [1.165, 1.54) is 4.80 Å². The van der Waals surface area contributed by atoms with E-state index in [1.54, 1.807) is 6.20 Å². The molecule has 0 N–H and O–H groups in total. The molecule has 0 saturated heterocycles. The van der Waals surface area contributed by atoms with Crippen molar-refractivity contribution in [2.75, 3.05) is 0 Å². The topological polar surface area (TPSA) is 61.9 Å². The summed E-state index contributed by atoms with van der Waals surface area (Å²) in [4.78, 5) is 13.8. The van der Waals surface area contributed by atoms with Crippen molar-refractivity contribution in [2.24, 2.45) is 0 Å². The molecule has 0 unspecified atom stereocenters. The van der Waals surface area contributed by atoms with Gasteiger partial charge in [0, 0.05) is 11.2 Å². The van der Waals surface area contributed by atoms with Gasteiger partial charge in [-0.25, -0.2) is 0 Å². The van der Waals surface area contributed by atoms with E-state index >= 15 is 0 Å². The minimum atomic E-state index is -0.302. The summed E-state index contributed by atoms with van der Waals surface area (Å²) in [5.74, 6) is -0.302. The molecule has 2 aromatic carbocycles. The fraction of sp³-hybridized carbons (Fsp3) is 0.150. The van der Waals surface area contributed by atoms with Crippen LogP contribution in [0, 0.1) is 6.92 Å². The Balaban J connectivity index is 1.41. The van der Waals surface area contributed by atoms with Crippen LogP contribution in [0.4, 0.5) is 0 Å². The van der Waals surface area contributed by atoms with Gasteiger partial charge >= 0.3 is 5.97 Å². The lowest BCUT2D eigenvalue weighted by atomic mass is 10.2. The summed E-state index contributed by atoms with van der Waals surface area (Å²) < 4.78 is 7.34. The first-order chi connectivity index (χ1) is 12.7. The molecule has 0 aliphatic rings. The van der Waals surface area contributed by atoms with E-state index in [4.69, 9.17) is 4.74 Å². The second-order valence-electron chi connectivity index (χ2n) is 6.05. The van der Waals surface area contributed by atoms with Crippen LogP contribution >= 0.6 is 0 Å². The molecule has 0 aliphatic carbocycles. The van der Waals surface area contributed by atoms with Gasteiger partial charge in [-0.3, -0.25) is 4.79 Å². The number of aryl methyl sites for hydroxylation is 1. The maximum atomic E-state index is 12.3. The molecule has 2 aromatic heterocycles. The van der Waals surface area contributed by atoms with Gasteiger partial charge < -0.3 is 9.30 Å². The average Bonchev–Trinajstić information content (AvgIpc) is 3.26. The monoisotopic (exact) mass is 346 g/mol. The number of hydrogen-bond acceptors (Lipinski definition) is 4. The minimum absolute atomic E-state index is 0.101. The highest BCUT2D eigenvalue weighted by Gasteiger charge is 2.11. The highest BCUT2D eigenvalue weighted by atomic mass is 16.5. The number of esters is 1. The Morgan fingerprint density at radius 2 is 1.85 bits per heavy atom. The van der Waals surface area contributed by atoms with Crippen molar-refractivity contribution in [2.45, 2.75) is 20.1 Å². The number of aromatic nitrogens is 4. The molecule has 0 bridgehead atoms. The Bertz CT molecular complexity index is 1050. The molecule has 0 radical (unpaired) electrons. The SMILES string of the molecule is Cc1cc2ccccc2n1CC(=O)OCc1cnn(-c2ccccc2)n1. The lowest BCUT2D eigenvalue weighted by molar-refractivity contribution is -0.145. The number of benzene rings is 2. The van der Waals surface area contributed by atoms with Crippen molar-refractivity contribution in [3.63, 3.8) is 0 Å². The molecule has 4 aromatic rings. The van der Waals surface area contributed by atoms with E-state index in [9.17, 15) is 4.79 Å². The zero-order chi connectivity index (χ0) is 17.9. The van der Waals surface area contributed by atoms with Crippen LogP contribution in [0.5, 0.6) is 0 Å². The summed E-state index contributed by atoms with van der Waals surface area (Å²) in [5, 5.41) is 9.66. The predicted molar refractivity (Wildman–Crippen MR) is 97.8 cm³/mol. The number of carbonyl (C=O) groups is 1. The van der Waals surface area contributed by atoms with Crippen LogP contribution in [-0.4, -0.2) is 25.5 Å². The molecular weight excluding hydrogens is 328 g/mol. The predicted octanol–water partition coefficient (Wildman–Crippen LogP) is 3.27. The number of hydrogen-bond donors (Lipinski definition) is 0. The Hall–Kier alpha value is -3.41. The quantitative estimate of drug-likeness (QED) is 0.520. The zero-order valence-corrected chi connectivity index (χ0v) is 14.4. The minimum Gasteiger partial charge on any atom is -0.458 e. The number of ether oxygens (including phenoxy) is 1. The van der Waals surface area contributed by atoms with Gasteiger partial charge in [0.05, 0.1) is 11.9 Å². The molecule has 0 fully saturated rings. The number of para-hydroxylation sites is 2. The van der Waals surface area contributed by atoms with Gasteiger partial charge in [-0.15, -0.1) is 5.10 Å². The van der Waals surface area contributed by atoms with Gasteiger partial charge in [0.15, 0.2) is 0 Å². The highest BCUT2D eigenvalue weighted by molar-refractivity contribution is 5.83. The van der Waals surface area contributed by atoms with Gasteiger partial charge in [-0.1, -0.05) is 36.4 Å². The molecule has 0 spiro atoms. The third-order valence-corrected chi connectivity index (χ3v) is 4.21. The summed E-state index contributed by atoms with van der Waals surface area (Å²) in [7, 11) is 0. The van der Waals surface area contributed by atoms with E-state index in [2.05, 4.69) is 16.3 Å². The number of nitrogens with zero attached hydrogens (tertiary/aromatic N) is 4. The lowest BCUT2D eigenvalue weighted by Crippen LogP contribution is -2.14. The van der Waals surface area contributed by atoms with Crippen LogP contribution in [0.25, 0.3) is 16.6 Å². The van der Waals surface area contributed by atoms with Crippen molar-refractivity contribution in [1.29, 1.82) is 0 Å². The van der Waals surface area contributed by atoms with Crippen LogP contribution in [-0.2, 0) is 22.7 Å². The fourth-order valence-electron chi connectivity index (χ4n) is 2.93. The van der Waals surface area contributed by atoms with Crippen molar-refractivity contribution in [1.82, 2.24) is 19.6 Å². The Morgan fingerprint density at radius 1 is 1.08 bits per heavy atom. The zero-order valence-electron chi connectivity index (χ0n) is 14.4. The van der Waals surface area contributed by atoms with E-state index in [0.29, 0.717) is 5.69 Å². The van der Waals surface area contributed by atoms with Gasteiger partial charge in [-0.2, -0.15) is 9.90 Å². The van der Waals surface area contributed by atoms with E-state index < -0.39 is 0 Å². The van der Waals surface area contributed by atoms with E-state index in [1.807, 2.05) is 66.1 Å². The van der Waals surface area contributed by atoms with Crippen molar-refractivity contribution in [3.8, 4) is 5.69 Å². The van der Waals surface area contributed by atoms with Crippen molar-refractivity contribution in [3.05, 3.63) is 78.2 Å². The summed E-state index contributed by atoms with van der Waals surface area (Å²) in [6, 6.07) is 19.6. The summed E-state index contributed by atoms with van der Waals surface area (Å²) >= 11 is 0. The van der Waals surface area contributed by atoms with Crippen LogP contribution in [0.1, 0.15) is 11.4 Å². The van der Waals surface area contributed by atoms with Gasteiger partial charge in [0.1, 0.15) is 18.8 Å². The normalized spacial score (nSPS) is 11.0. The van der Waals surface area contributed by atoms with Crippen molar-refractivity contribution >= 4 is 16.9 Å². The lowest BCUT2D eigenvalue weighted by Gasteiger charge is -2.08. The second-order valence-corrected chi connectivity index (χ2v) is 6.05. The van der Waals surface area contributed by atoms with Gasteiger partial charge in [0.2, 0.25) is 0 Å². The largest absolute Gasteiger partial charge is 0.458 e. The number of carbonyl (C=O) groups excluding carboxylic acids is 1. The third-order valence-electron chi connectivity index (χ3n) is 4.21. The molecule has 26 heavy (non-hydrogen) atoms. The molecule has 0 atom stereocenters. The molecule has 2 heterocycles. The van der Waals surface area contributed by atoms with Crippen LogP contribution < -0.4 is 0 Å². The molecule has 130 valence electrons. The number of rotatable bonds is 5. The van der Waals surface area contributed by atoms with Gasteiger partial charge in [-0.05, 0) is 36.6 Å². The average molecular weight is 346 g/mol. The van der Waals surface area contributed by atoms with E-state index in [0.717, 1.165) is 22.3 Å². The molecule has 0 amide bonds. The molecule has 6 heteroatoms. The first kappa shape index (κ1) is 16.1. The van der Waals surface area contributed by atoms with Crippen LogP contribution in [0.15, 0.2) is 66.9 Å². The first-order valence-electron chi connectivity index (χ1n) is 8.38. The smallest absolute Gasteiger partial charge is 0.326 e. The Kier molecular flexibility index (Phi) is 4.23. The molecule has 0 aliphatic heterocycles. The fourth-order valence-corrected chi connectivity index (χ4v) is 2.93. The second kappa shape index (κ2) is 6.84. The molecule has 6 nitrogen and oxygen atoms in total.